The van der Waals surface area contributed by atoms with Gasteiger partial charge >= 0.3 is 0 Å². The van der Waals surface area contributed by atoms with Gasteiger partial charge in [0.2, 0.25) is 5.91 Å². The van der Waals surface area contributed by atoms with Gasteiger partial charge in [0.15, 0.2) is 0 Å². The summed E-state index contributed by atoms with van der Waals surface area (Å²) in [5.41, 5.74) is 3.09. The number of nitrogens with zero attached hydrogens (tertiary/aromatic N) is 1. The molecule has 1 aromatic carbocycles. The Morgan fingerprint density at radius 1 is 1.33 bits per heavy atom. The molecule has 0 aliphatic carbocycles. The van der Waals surface area contributed by atoms with Gasteiger partial charge in [-0.05, 0) is 31.5 Å². The highest BCUT2D eigenvalue weighted by atomic mass is 35.5. The van der Waals surface area contributed by atoms with Crippen molar-refractivity contribution in [3.8, 4) is 0 Å². The molecule has 0 atom stereocenters. The van der Waals surface area contributed by atoms with Gasteiger partial charge in [0.05, 0.1) is 6.54 Å². The number of hydrogen-bond acceptors (Lipinski definition) is 2. The smallest absolute Gasteiger partial charge is 0.238 e. The molecule has 0 unspecified atom stereocenters. The number of rotatable bonds is 6. The first-order valence-corrected chi connectivity index (χ1v) is 6.76. The van der Waals surface area contributed by atoms with Gasteiger partial charge in [-0.15, -0.1) is 11.6 Å². The number of benzene rings is 1. The van der Waals surface area contributed by atoms with Crippen LogP contribution in [0, 0.1) is 13.8 Å². The van der Waals surface area contributed by atoms with Crippen LogP contribution in [-0.4, -0.2) is 36.3 Å². The van der Waals surface area contributed by atoms with E-state index in [0.29, 0.717) is 12.4 Å². The average Bonchev–Trinajstić information content (AvgIpc) is 2.33. The van der Waals surface area contributed by atoms with E-state index in [4.69, 9.17) is 11.6 Å². The van der Waals surface area contributed by atoms with E-state index >= 15 is 0 Å². The van der Waals surface area contributed by atoms with Crippen molar-refractivity contribution in [3.05, 3.63) is 29.3 Å². The van der Waals surface area contributed by atoms with Gasteiger partial charge in [-0.25, -0.2) is 0 Å². The van der Waals surface area contributed by atoms with Crippen molar-refractivity contribution in [2.75, 3.05) is 30.8 Å². The van der Waals surface area contributed by atoms with Crippen molar-refractivity contribution in [2.45, 2.75) is 20.8 Å². The number of alkyl halides is 1. The normalized spacial score (nSPS) is 10.7. The van der Waals surface area contributed by atoms with Gasteiger partial charge in [-0.2, -0.15) is 0 Å². The molecule has 1 aromatic rings. The standard InChI is InChI=1S/C14H21ClN2O/c1-4-17(9-8-15)10-13(18)16-14-11(2)6-5-7-12(14)3/h5-7H,4,8-10H2,1-3H3,(H,16,18). The predicted octanol–water partition coefficient (Wildman–Crippen LogP) is 2.80. The minimum Gasteiger partial charge on any atom is -0.324 e. The molecule has 0 saturated heterocycles. The van der Waals surface area contributed by atoms with Crippen molar-refractivity contribution in [2.24, 2.45) is 0 Å². The average molecular weight is 269 g/mol. The summed E-state index contributed by atoms with van der Waals surface area (Å²) in [6, 6.07) is 5.99. The topological polar surface area (TPSA) is 32.3 Å². The zero-order chi connectivity index (χ0) is 13.5. The number of anilines is 1. The largest absolute Gasteiger partial charge is 0.324 e. The summed E-state index contributed by atoms with van der Waals surface area (Å²) >= 11 is 5.70. The van der Waals surface area contributed by atoms with Gasteiger partial charge in [-0.1, -0.05) is 25.1 Å². The van der Waals surface area contributed by atoms with Crippen LogP contribution < -0.4 is 5.32 Å². The molecule has 4 heteroatoms. The summed E-state index contributed by atoms with van der Waals surface area (Å²) in [6.07, 6.45) is 0. The Kier molecular flexibility index (Phi) is 6.16. The third kappa shape index (κ3) is 4.31. The number of halogens is 1. The van der Waals surface area contributed by atoms with E-state index in [1.807, 2.05) is 43.9 Å². The maximum absolute atomic E-state index is 12.0. The summed E-state index contributed by atoms with van der Waals surface area (Å²) in [7, 11) is 0. The fraction of sp³-hybridized carbons (Fsp3) is 0.500. The van der Waals surface area contributed by atoms with Crippen molar-refractivity contribution in [1.29, 1.82) is 0 Å². The fourth-order valence-electron chi connectivity index (χ4n) is 1.86. The molecular formula is C14H21ClN2O. The van der Waals surface area contributed by atoms with E-state index in [-0.39, 0.29) is 5.91 Å². The molecule has 1 N–H and O–H groups in total. The number of amides is 1. The number of likely N-dealkylation sites (N-methyl/N-ethyl adjacent to an activating group) is 1. The maximum atomic E-state index is 12.0. The van der Waals surface area contributed by atoms with Crippen molar-refractivity contribution >= 4 is 23.2 Å². The van der Waals surface area contributed by atoms with Crippen LogP contribution in [0.15, 0.2) is 18.2 Å². The second kappa shape index (κ2) is 7.39. The minimum atomic E-state index is 0.0133. The number of carbonyl (C=O) groups is 1. The lowest BCUT2D eigenvalue weighted by molar-refractivity contribution is -0.117. The van der Waals surface area contributed by atoms with Crippen LogP contribution in [0.3, 0.4) is 0 Å². The Morgan fingerprint density at radius 2 is 1.94 bits per heavy atom. The molecule has 0 aliphatic heterocycles. The molecule has 0 radical (unpaired) electrons. The summed E-state index contributed by atoms with van der Waals surface area (Å²) in [5, 5.41) is 2.98. The second-order valence-electron chi connectivity index (χ2n) is 4.37. The van der Waals surface area contributed by atoms with Crippen LogP contribution >= 0.6 is 11.6 Å². The first-order valence-electron chi connectivity index (χ1n) is 6.22. The molecule has 3 nitrogen and oxygen atoms in total. The maximum Gasteiger partial charge on any atom is 0.238 e. The monoisotopic (exact) mass is 268 g/mol. The van der Waals surface area contributed by atoms with Gasteiger partial charge in [0.25, 0.3) is 0 Å². The highest BCUT2D eigenvalue weighted by Crippen LogP contribution is 2.19. The molecule has 1 amide bonds. The molecule has 0 aromatic heterocycles. The lowest BCUT2D eigenvalue weighted by atomic mass is 10.1. The molecular weight excluding hydrogens is 248 g/mol. The summed E-state index contributed by atoms with van der Waals surface area (Å²) in [6.45, 7) is 7.97. The lowest BCUT2D eigenvalue weighted by Gasteiger charge is -2.19. The van der Waals surface area contributed by atoms with Crippen LogP contribution in [0.1, 0.15) is 18.1 Å². The molecule has 1 rings (SSSR count). The van der Waals surface area contributed by atoms with Crippen LogP contribution in [0.25, 0.3) is 0 Å². The quantitative estimate of drug-likeness (QED) is 0.805. The van der Waals surface area contributed by atoms with Gasteiger partial charge in [0.1, 0.15) is 0 Å². The number of hydrogen-bond donors (Lipinski definition) is 1. The molecule has 0 heterocycles. The summed E-state index contributed by atoms with van der Waals surface area (Å²) in [5.74, 6) is 0.559. The Hall–Kier alpha value is -1.06. The third-order valence-electron chi connectivity index (χ3n) is 2.96. The van der Waals surface area contributed by atoms with Gasteiger partial charge < -0.3 is 5.32 Å². The number of carbonyl (C=O) groups excluding carboxylic acids is 1. The van der Waals surface area contributed by atoms with Gasteiger partial charge in [0, 0.05) is 18.1 Å². The van der Waals surface area contributed by atoms with Crippen LogP contribution in [0.5, 0.6) is 0 Å². The SMILES string of the molecule is CCN(CCCl)CC(=O)Nc1c(C)cccc1C. The molecule has 0 aliphatic rings. The molecule has 0 fully saturated rings. The van der Waals surface area contributed by atoms with E-state index < -0.39 is 0 Å². The van der Waals surface area contributed by atoms with Crippen molar-refractivity contribution in [1.82, 2.24) is 4.90 Å². The fourth-order valence-corrected chi connectivity index (χ4v) is 2.10. The molecule has 18 heavy (non-hydrogen) atoms. The van der Waals surface area contributed by atoms with E-state index in [1.54, 1.807) is 0 Å². The van der Waals surface area contributed by atoms with Crippen LogP contribution in [0.2, 0.25) is 0 Å². The predicted molar refractivity (Wildman–Crippen MR) is 77.4 cm³/mol. The Balaban J connectivity index is 2.64. The van der Waals surface area contributed by atoms with Crippen molar-refractivity contribution < 1.29 is 4.79 Å². The molecule has 0 spiro atoms. The number of aryl methyl sites for hydroxylation is 2. The Labute approximate surface area is 114 Å². The van der Waals surface area contributed by atoms with E-state index in [0.717, 1.165) is 29.9 Å². The number of para-hydroxylation sites is 1. The van der Waals surface area contributed by atoms with E-state index in [9.17, 15) is 4.79 Å². The molecule has 100 valence electrons. The zero-order valence-corrected chi connectivity index (χ0v) is 12.0. The molecule has 0 bridgehead atoms. The third-order valence-corrected chi connectivity index (χ3v) is 3.13. The van der Waals surface area contributed by atoms with Crippen molar-refractivity contribution in [3.63, 3.8) is 0 Å². The van der Waals surface area contributed by atoms with E-state index in [1.165, 1.54) is 0 Å². The van der Waals surface area contributed by atoms with Crippen LogP contribution in [0.4, 0.5) is 5.69 Å². The minimum absolute atomic E-state index is 0.0133. The first kappa shape index (κ1) is 15.0. The Bertz CT molecular complexity index is 387. The van der Waals surface area contributed by atoms with Gasteiger partial charge in [-0.3, -0.25) is 9.69 Å². The highest BCUT2D eigenvalue weighted by molar-refractivity contribution is 6.18. The molecule has 0 saturated carbocycles. The first-order chi connectivity index (χ1) is 8.58. The highest BCUT2D eigenvalue weighted by Gasteiger charge is 2.10. The summed E-state index contributed by atoms with van der Waals surface area (Å²) < 4.78 is 0. The zero-order valence-electron chi connectivity index (χ0n) is 11.3. The Morgan fingerprint density at radius 3 is 2.44 bits per heavy atom. The van der Waals surface area contributed by atoms with Crippen LogP contribution in [-0.2, 0) is 4.79 Å². The number of nitrogens with one attached hydrogen (secondary N) is 1. The summed E-state index contributed by atoms with van der Waals surface area (Å²) in [4.78, 5) is 14.0. The lowest BCUT2D eigenvalue weighted by Crippen LogP contribution is -2.34. The second-order valence-corrected chi connectivity index (χ2v) is 4.75. The van der Waals surface area contributed by atoms with E-state index in [2.05, 4.69) is 5.32 Å².